The second kappa shape index (κ2) is 3.73. The molecule has 0 saturated carbocycles. The quantitative estimate of drug-likeness (QED) is 0.763. The van der Waals surface area contributed by atoms with E-state index < -0.39 is 5.82 Å². The normalized spacial score (nSPS) is 13.1. The predicted octanol–water partition coefficient (Wildman–Crippen LogP) is 3.26. The summed E-state index contributed by atoms with van der Waals surface area (Å²) in [6, 6.07) is 3.03. The van der Waals surface area contributed by atoms with E-state index in [0.29, 0.717) is 4.47 Å². The van der Waals surface area contributed by atoms with Gasteiger partial charge in [0.25, 0.3) is 0 Å². The summed E-state index contributed by atoms with van der Waals surface area (Å²) in [5.74, 6) is -0.443. The van der Waals surface area contributed by atoms with Crippen LogP contribution in [0.25, 0.3) is 0 Å². The summed E-state index contributed by atoms with van der Waals surface area (Å²) in [5.41, 5.74) is 6.41. The van der Waals surface area contributed by atoms with Gasteiger partial charge in [-0.25, -0.2) is 4.39 Å². The Balaban J connectivity index is 3.21. The molecular formula is C8H8BrClFN. The van der Waals surface area contributed by atoms with Crippen LogP contribution in [0.4, 0.5) is 4.39 Å². The third kappa shape index (κ3) is 1.97. The highest BCUT2D eigenvalue weighted by atomic mass is 79.9. The van der Waals surface area contributed by atoms with Crippen LogP contribution in [0, 0.1) is 5.82 Å². The van der Waals surface area contributed by atoms with E-state index in [1.54, 1.807) is 6.07 Å². The Bertz CT molecular complexity index is 278. The second-order valence-electron chi connectivity index (χ2n) is 2.59. The molecule has 0 aliphatic carbocycles. The van der Waals surface area contributed by atoms with E-state index in [-0.39, 0.29) is 11.1 Å². The van der Waals surface area contributed by atoms with Crippen LogP contribution in [-0.2, 0) is 0 Å². The zero-order chi connectivity index (χ0) is 9.30. The third-order valence-electron chi connectivity index (χ3n) is 1.53. The number of nitrogens with two attached hydrogens (primary N) is 1. The fourth-order valence-electron chi connectivity index (χ4n) is 0.838. The van der Waals surface area contributed by atoms with E-state index in [2.05, 4.69) is 15.9 Å². The van der Waals surface area contributed by atoms with E-state index in [9.17, 15) is 4.39 Å². The first-order valence-electron chi connectivity index (χ1n) is 3.42. The van der Waals surface area contributed by atoms with Gasteiger partial charge in [0, 0.05) is 6.04 Å². The molecule has 2 N–H and O–H groups in total. The van der Waals surface area contributed by atoms with Crippen LogP contribution in [-0.4, -0.2) is 0 Å². The largest absolute Gasteiger partial charge is 0.324 e. The van der Waals surface area contributed by atoms with Crippen LogP contribution in [0.15, 0.2) is 16.6 Å². The first kappa shape index (κ1) is 9.96. The molecule has 0 spiro atoms. The maximum absolute atomic E-state index is 13.0. The topological polar surface area (TPSA) is 26.0 Å². The number of hydrogen-bond acceptors (Lipinski definition) is 1. The molecule has 66 valence electrons. The molecule has 0 fully saturated rings. The maximum Gasteiger partial charge on any atom is 0.155 e. The molecule has 0 bridgehead atoms. The molecule has 0 saturated heterocycles. The van der Waals surface area contributed by atoms with Gasteiger partial charge in [-0.1, -0.05) is 11.6 Å². The lowest BCUT2D eigenvalue weighted by atomic mass is 10.1. The summed E-state index contributed by atoms with van der Waals surface area (Å²) in [6.07, 6.45) is 0. The molecule has 0 aliphatic rings. The van der Waals surface area contributed by atoms with Crippen LogP contribution in [0.1, 0.15) is 18.5 Å². The van der Waals surface area contributed by atoms with E-state index in [4.69, 9.17) is 17.3 Å². The van der Waals surface area contributed by atoms with Crippen LogP contribution in [0.5, 0.6) is 0 Å². The maximum atomic E-state index is 13.0. The minimum absolute atomic E-state index is 0.0941. The highest BCUT2D eigenvalue weighted by molar-refractivity contribution is 9.10. The van der Waals surface area contributed by atoms with Crippen LogP contribution in [0.3, 0.4) is 0 Å². The molecule has 1 nitrogen and oxygen atoms in total. The highest BCUT2D eigenvalue weighted by Crippen LogP contribution is 2.27. The molecule has 1 aromatic rings. The van der Waals surface area contributed by atoms with Crippen molar-refractivity contribution in [3.63, 3.8) is 0 Å². The molecule has 4 heteroatoms. The summed E-state index contributed by atoms with van der Waals surface area (Å²) in [5, 5.41) is 0.0941. The number of benzene rings is 1. The minimum Gasteiger partial charge on any atom is -0.324 e. The van der Waals surface area contributed by atoms with Gasteiger partial charge in [0.1, 0.15) is 0 Å². The van der Waals surface area contributed by atoms with Crippen molar-refractivity contribution < 1.29 is 4.39 Å². The monoisotopic (exact) mass is 251 g/mol. The van der Waals surface area contributed by atoms with E-state index >= 15 is 0 Å². The lowest BCUT2D eigenvalue weighted by Crippen LogP contribution is -2.05. The minimum atomic E-state index is -0.443. The zero-order valence-electron chi connectivity index (χ0n) is 6.44. The molecule has 1 aromatic carbocycles. The molecule has 0 radical (unpaired) electrons. The van der Waals surface area contributed by atoms with Crippen molar-refractivity contribution in [1.82, 2.24) is 0 Å². The number of halogens is 3. The molecular weight excluding hydrogens is 244 g/mol. The molecule has 0 amide bonds. The van der Waals surface area contributed by atoms with Crippen molar-refractivity contribution >= 4 is 27.5 Å². The lowest BCUT2D eigenvalue weighted by molar-refractivity contribution is 0.619. The molecule has 0 heterocycles. The van der Waals surface area contributed by atoms with Crippen molar-refractivity contribution in [2.75, 3.05) is 0 Å². The Hall–Kier alpha value is -0.120. The Morgan fingerprint density at radius 1 is 1.58 bits per heavy atom. The summed E-state index contributed by atoms with van der Waals surface area (Å²) < 4.78 is 13.3. The number of rotatable bonds is 1. The standard InChI is InChI=1S/C8H8BrClFN/c1-4(12)5-2-6(9)8(11)7(10)3-5/h2-4H,12H2,1H3. The summed E-state index contributed by atoms with van der Waals surface area (Å²) >= 11 is 8.65. The van der Waals surface area contributed by atoms with Crippen LogP contribution in [0.2, 0.25) is 5.02 Å². The van der Waals surface area contributed by atoms with Gasteiger partial charge in [0.05, 0.1) is 9.50 Å². The average Bonchev–Trinajstić information content (AvgIpc) is 1.99. The van der Waals surface area contributed by atoms with E-state index in [0.717, 1.165) is 5.56 Å². The lowest BCUT2D eigenvalue weighted by Gasteiger charge is -2.07. The van der Waals surface area contributed by atoms with Crippen molar-refractivity contribution in [1.29, 1.82) is 0 Å². The smallest absolute Gasteiger partial charge is 0.155 e. The van der Waals surface area contributed by atoms with Crippen molar-refractivity contribution in [3.8, 4) is 0 Å². The van der Waals surface area contributed by atoms with Gasteiger partial charge < -0.3 is 5.73 Å². The Kier molecular flexibility index (Phi) is 3.09. The van der Waals surface area contributed by atoms with Crippen LogP contribution >= 0.6 is 27.5 Å². The Labute approximate surface area is 83.8 Å². The predicted molar refractivity (Wildman–Crippen MR) is 51.7 cm³/mol. The summed E-state index contributed by atoms with van der Waals surface area (Å²) in [4.78, 5) is 0. The van der Waals surface area contributed by atoms with Gasteiger partial charge >= 0.3 is 0 Å². The van der Waals surface area contributed by atoms with Gasteiger partial charge in [-0.3, -0.25) is 0 Å². The zero-order valence-corrected chi connectivity index (χ0v) is 8.79. The van der Waals surface area contributed by atoms with Gasteiger partial charge in [-0.2, -0.15) is 0 Å². The van der Waals surface area contributed by atoms with Gasteiger partial charge in [0.15, 0.2) is 5.82 Å². The Morgan fingerprint density at radius 3 is 2.58 bits per heavy atom. The van der Waals surface area contributed by atoms with Crippen LogP contribution < -0.4 is 5.73 Å². The Morgan fingerprint density at radius 2 is 2.17 bits per heavy atom. The van der Waals surface area contributed by atoms with E-state index in [1.165, 1.54) is 6.07 Å². The number of hydrogen-bond donors (Lipinski definition) is 1. The van der Waals surface area contributed by atoms with Gasteiger partial charge in [-0.15, -0.1) is 0 Å². The molecule has 1 rings (SSSR count). The first-order chi connectivity index (χ1) is 5.52. The molecule has 0 aromatic heterocycles. The third-order valence-corrected chi connectivity index (χ3v) is 2.38. The fourth-order valence-corrected chi connectivity index (χ4v) is 1.66. The van der Waals surface area contributed by atoms with E-state index in [1.807, 2.05) is 6.92 Å². The molecule has 1 unspecified atom stereocenters. The second-order valence-corrected chi connectivity index (χ2v) is 3.85. The average molecular weight is 253 g/mol. The van der Waals surface area contributed by atoms with Crippen molar-refractivity contribution in [3.05, 3.63) is 33.0 Å². The SMILES string of the molecule is CC(N)c1cc(Cl)c(F)c(Br)c1. The highest BCUT2D eigenvalue weighted by Gasteiger charge is 2.08. The summed E-state index contributed by atoms with van der Waals surface area (Å²) in [6.45, 7) is 1.82. The van der Waals surface area contributed by atoms with Crippen molar-refractivity contribution in [2.24, 2.45) is 5.73 Å². The molecule has 0 aliphatic heterocycles. The van der Waals surface area contributed by atoms with Gasteiger partial charge in [-0.05, 0) is 40.5 Å². The summed E-state index contributed by atoms with van der Waals surface area (Å²) in [7, 11) is 0. The van der Waals surface area contributed by atoms with Gasteiger partial charge in [0.2, 0.25) is 0 Å². The molecule has 1 atom stereocenters. The fraction of sp³-hybridized carbons (Fsp3) is 0.250. The molecule has 12 heavy (non-hydrogen) atoms. The first-order valence-corrected chi connectivity index (χ1v) is 4.59. The van der Waals surface area contributed by atoms with Crippen molar-refractivity contribution in [2.45, 2.75) is 13.0 Å².